The lowest BCUT2D eigenvalue weighted by atomic mass is 9.80. The predicted molar refractivity (Wildman–Crippen MR) is 96.6 cm³/mol. The molecule has 0 aliphatic carbocycles. The molecule has 0 bridgehead atoms. The Morgan fingerprint density at radius 3 is 2.22 bits per heavy atom. The molecule has 1 saturated heterocycles. The largest absolute Gasteiger partial charge is 0.492 e. The van der Waals surface area contributed by atoms with Crippen LogP contribution in [0.4, 0.5) is 0 Å². The van der Waals surface area contributed by atoms with Crippen molar-refractivity contribution in [3.63, 3.8) is 0 Å². The van der Waals surface area contributed by atoms with E-state index in [4.69, 9.17) is 9.47 Å². The average molecular weight is 319 g/mol. The highest BCUT2D eigenvalue weighted by Crippen LogP contribution is 2.35. The predicted octanol–water partition coefficient (Wildman–Crippen LogP) is 3.99. The third-order valence-electron chi connectivity index (χ3n) is 4.42. The van der Waals surface area contributed by atoms with Crippen molar-refractivity contribution in [2.75, 3.05) is 39.5 Å². The SMILES string of the molecule is CC(C)(C)c1ccc(OCCN2CCOCC2)c(C(C)(C)C)c1. The molecule has 3 nitrogen and oxygen atoms in total. The fourth-order valence-corrected chi connectivity index (χ4v) is 2.82. The zero-order chi connectivity index (χ0) is 17.1. The minimum atomic E-state index is 0.0789. The Bertz CT molecular complexity index is 505. The second kappa shape index (κ2) is 7.23. The summed E-state index contributed by atoms with van der Waals surface area (Å²) in [4.78, 5) is 2.41. The van der Waals surface area contributed by atoms with E-state index in [2.05, 4.69) is 64.6 Å². The molecule has 0 unspecified atom stereocenters. The van der Waals surface area contributed by atoms with Crippen molar-refractivity contribution in [2.24, 2.45) is 0 Å². The van der Waals surface area contributed by atoms with E-state index in [1.807, 2.05) is 0 Å². The van der Waals surface area contributed by atoms with Crippen LogP contribution in [0.5, 0.6) is 5.75 Å². The first-order valence-corrected chi connectivity index (χ1v) is 8.76. The van der Waals surface area contributed by atoms with Crippen LogP contribution >= 0.6 is 0 Å². The highest BCUT2D eigenvalue weighted by atomic mass is 16.5. The fourth-order valence-electron chi connectivity index (χ4n) is 2.82. The van der Waals surface area contributed by atoms with Gasteiger partial charge in [-0.25, -0.2) is 0 Å². The van der Waals surface area contributed by atoms with E-state index in [9.17, 15) is 0 Å². The molecule has 0 spiro atoms. The molecule has 1 aliphatic rings. The zero-order valence-corrected chi connectivity index (χ0v) is 15.7. The summed E-state index contributed by atoms with van der Waals surface area (Å²) in [5, 5.41) is 0. The van der Waals surface area contributed by atoms with E-state index in [-0.39, 0.29) is 10.8 Å². The van der Waals surface area contributed by atoms with Crippen LogP contribution in [-0.4, -0.2) is 44.4 Å². The molecular weight excluding hydrogens is 286 g/mol. The number of rotatable bonds is 4. The van der Waals surface area contributed by atoms with Gasteiger partial charge in [0.25, 0.3) is 0 Å². The highest BCUT2D eigenvalue weighted by molar-refractivity contribution is 5.43. The fraction of sp³-hybridized carbons (Fsp3) is 0.700. The van der Waals surface area contributed by atoms with E-state index in [1.54, 1.807) is 0 Å². The van der Waals surface area contributed by atoms with Crippen molar-refractivity contribution in [2.45, 2.75) is 52.4 Å². The summed E-state index contributed by atoms with van der Waals surface area (Å²) in [6.07, 6.45) is 0. The minimum Gasteiger partial charge on any atom is -0.492 e. The summed E-state index contributed by atoms with van der Waals surface area (Å²) in [7, 11) is 0. The van der Waals surface area contributed by atoms with Gasteiger partial charge in [-0.05, 0) is 28.0 Å². The van der Waals surface area contributed by atoms with E-state index < -0.39 is 0 Å². The van der Waals surface area contributed by atoms with Crippen LogP contribution in [-0.2, 0) is 15.6 Å². The molecule has 0 radical (unpaired) electrons. The van der Waals surface area contributed by atoms with Gasteiger partial charge in [0.15, 0.2) is 0 Å². The zero-order valence-electron chi connectivity index (χ0n) is 15.7. The molecule has 0 amide bonds. The quantitative estimate of drug-likeness (QED) is 0.837. The van der Waals surface area contributed by atoms with Crippen LogP contribution in [0, 0.1) is 0 Å². The maximum absolute atomic E-state index is 6.15. The van der Waals surface area contributed by atoms with Crippen LogP contribution in [0.1, 0.15) is 52.7 Å². The number of hydrogen-bond acceptors (Lipinski definition) is 3. The monoisotopic (exact) mass is 319 g/mol. The number of nitrogens with zero attached hydrogens (tertiary/aromatic N) is 1. The molecule has 0 N–H and O–H groups in total. The number of ether oxygens (including phenoxy) is 2. The van der Waals surface area contributed by atoms with Gasteiger partial charge in [0, 0.05) is 19.6 Å². The van der Waals surface area contributed by atoms with Crippen LogP contribution in [0.25, 0.3) is 0 Å². The van der Waals surface area contributed by atoms with Crippen LogP contribution in [0.3, 0.4) is 0 Å². The molecule has 23 heavy (non-hydrogen) atoms. The lowest BCUT2D eigenvalue weighted by Gasteiger charge is -2.29. The maximum Gasteiger partial charge on any atom is 0.123 e. The Labute approximate surface area is 142 Å². The maximum atomic E-state index is 6.15. The molecule has 1 aromatic rings. The van der Waals surface area contributed by atoms with Crippen molar-refractivity contribution in [1.82, 2.24) is 4.90 Å². The van der Waals surface area contributed by atoms with Crippen LogP contribution < -0.4 is 4.74 Å². The van der Waals surface area contributed by atoms with Gasteiger partial charge in [0.1, 0.15) is 12.4 Å². The smallest absolute Gasteiger partial charge is 0.123 e. The van der Waals surface area contributed by atoms with Gasteiger partial charge in [-0.2, -0.15) is 0 Å². The van der Waals surface area contributed by atoms with Crippen molar-refractivity contribution < 1.29 is 9.47 Å². The van der Waals surface area contributed by atoms with Gasteiger partial charge in [0.05, 0.1) is 13.2 Å². The Balaban J connectivity index is 2.07. The van der Waals surface area contributed by atoms with Crippen LogP contribution in [0.2, 0.25) is 0 Å². The molecule has 130 valence electrons. The summed E-state index contributed by atoms with van der Waals surface area (Å²) < 4.78 is 11.5. The highest BCUT2D eigenvalue weighted by Gasteiger charge is 2.23. The molecule has 1 aliphatic heterocycles. The molecule has 2 rings (SSSR count). The third kappa shape index (κ3) is 5.22. The van der Waals surface area contributed by atoms with Crippen LogP contribution in [0.15, 0.2) is 18.2 Å². The number of morpholine rings is 1. The summed E-state index contributed by atoms with van der Waals surface area (Å²) in [5.41, 5.74) is 2.90. The lowest BCUT2D eigenvalue weighted by molar-refractivity contribution is 0.0321. The molecule has 0 saturated carbocycles. The Morgan fingerprint density at radius 2 is 1.65 bits per heavy atom. The topological polar surface area (TPSA) is 21.7 Å². The summed E-state index contributed by atoms with van der Waals surface area (Å²) in [6, 6.07) is 6.68. The standard InChI is InChI=1S/C20H33NO2/c1-19(2,3)16-7-8-18(17(15-16)20(4,5)6)23-14-11-21-9-12-22-13-10-21/h7-8,15H,9-14H2,1-6H3. The minimum absolute atomic E-state index is 0.0789. The number of benzene rings is 1. The normalized spacial score (nSPS) is 17.3. The van der Waals surface area contributed by atoms with Crippen molar-refractivity contribution >= 4 is 0 Å². The summed E-state index contributed by atoms with van der Waals surface area (Å²) in [6.45, 7) is 18.9. The van der Waals surface area contributed by atoms with Crippen molar-refractivity contribution in [3.8, 4) is 5.75 Å². The van der Waals surface area contributed by atoms with Gasteiger partial charge in [0.2, 0.25) is 0 Å². The van der Waals surface area contributed by atoms with E-state index in [0.29, 0.717) is 0 Å². The van der Waals surface area contributed by atoms with Crippen molar-refractivity contribution in [3.05, 3.63) is 29.3 Å². The van der Waals surface area contributed by atoms with Crippen molar-refractivity contribution in [1.29, 1.82) is 0 Å². The summed E-state index contributed by atoms with van der Waals surface area (Å²) in [5.74, 6) is 1.03. The molecule has 1 heterocycles. The second-order valence-corrected chi connectivity index (χ2v) is 8.51. The Kier molecular flexibility index (Phi) is 5.74. The van der Waals surface area contributed by atoms with Gasteiger partial charge in [-0.15, -0.1) is 0 Å². The molecule has 3 heteroatoms. The third-order valence-corrected chi connectivity index (χ3v) is 4.42. The summed E-state index contributed by atoms with van der Waals surface area (Å²) >= 11 is 0. The molecule has 0 atom stereocenters. The van der Waals surface area contributed by atoms with E-state index in [1.165, 1.54) is 11.1 Å². The van der Waals surface area contributed by atoms with E-state index >= 15 is 0 Å². The first kappa shape index (κ1) is 18.3. The lowest BCUT2D eigenvalue weighted by Crippen LogP contribution is -2.38. The molecule has 0 aromatic heterocycles. The number of hydrogen-bond donors (Lipinski definition) is 0. The Morgan fingerprint density at radius 1 is 1.00 bits per heavy atom. The first-order chi connectivity index (χ1) is 10.7. The molecular formula is C20H33NO2. The van der Waals surface area contributed by atoms with Gasteiger partial charge in [-0.1, -0.05) is 53.7 Å². The second-order valence-electron chi connectivity index (χ2n) is 8.51. The van der Waals surface area contributed by atoms with Gasteiger partial charge < -0.3 is 9.47 Å². The van der Waals surface area contributed by atoms with Gasteiger partial charge >= 0.3 is 0 Å². The molecule has 1 aromatic carbocycles. The van der Waals surface area contributed by atoms with E-state index in [0.717, 1.165) is 45.2 Å². The first-order valence-electron chi connectivity index (χ1n) is 8.76. The van der Waals surface area contributed by atoms with Gasteiger partial charge in [-0.3, -0.25) is 4.90 Å². The average Bonchev–Trinajstić information content (AvgIpc) is 2.46. The Hall–Kier alpha value is -1.06. The molecule has 1 fully saturated rings.